The quantitative estimate of drug-likeness (QED) is 0.123. The third kappa shape index (κ3) is 10.3. The molecule has 5 aromatic rings. The molecule has 0 atom stereocenters. The smallest absolute Gasteiger partial charge is 0.229 e. The van der Waals surface area contributed by atoms with Gasteiger partial charge in [0.05, 0.1) is 25.1 Å². The van der Waals surface area contributed by atoms with Crippen molar-refractivity contribution in [3.05, 3.63) is 119 Å². The molecule has 10 nitrogen and oxygen atoms in total. The second-order valence-electron chi connectivity index (χ2n) is 13.1. The monoisotopic (exact) mass is 720 g/mol. The third-order valence-corrected chi connectivity index (χ3v) is 9.85. The lowest BCUT2D eigenvalue weighted by atomic mass is 10.0. The number of nitrogens with zero attached hydrogens (tertiary/aromatic N) is 5. The highest BCUT2D eigenvalue weighted by molar-refractivity contribution is 6.33. The van der Waals surface area contributed by atoms with Crippen molar-refractivity contribution in [2.75, 3.05) is 83.1 Å². The van der Waals surface area contributed by atoms with Gasteiger partial charge in [-0.05, 0) is 90.4 Å². The minimum absolute atomic E-state index is 0.439. The summed E-state index contributed by atoms with van der Waals surface area (Å²) in [5.41, 5.74) is 16.0. The molecule has 0 saturated carbocycles. The van der Waals surface area contributed by atoms with Crippen molar-refractivity contribution in [2.45, 2.75) is 25.7 Å². The van der Waals surface area contributed by atoms with Crippen LogP contribution in [-0.4, -0.2) is 91.5 Å². The third-order valence-electron chi connectivity index (χ3n) is 9.57. The van der Waals surface area contributed by atoms with Gasteiger partial charge in [0.1, 0.15) is 5.02 Å². The number of aromatic nitrogens is 3. The van der Waals surface area contributed by atoms with Gasteiger partial charge in [-0.15, -0.1) is 0 Å². The molecule has 4 N–H and O–H groups in total. The average Bonchev–Trinajstić information content (AvgIpc) is 3.51. The van der Waals surface area contributed by atoms with Crippen molar-refractivity contribution in [3.63, 3.8) is 0 Å². The maximum atomic E-state index is 6.47. The summed E-state index contributed by atoms with van der Waals surface area (Å²) < 4.78 is 10.4. The fourth-order valence-electron chi connectivity index (χ4n) is 6.64. The van der Waals surface area contributed by atoms with E-state index in [1.807, 2.05) is 48.5 Å². The highest BCUT2D eigenvalue weighted by Gasteiger charge is 2.16. The molecular weight excluding hydrogens is 672 g/mol. The molecule has 11 heteroatoms. The first-order valence-electron chi connectivity index (χ1n) is 18.0. The molecule has 0 radical (unpaired) electrons. The van der Waals surface area contributed by atoms with Gasteiger partial charge in [0.25, 0.3) is 0 Å². The van der Waals surface area contributed by atoms with E-state index in [1.165, 1.54) is 22.3 Å². The van der Waals surface area contributed by atoms with E-state index in [1.54, 1.807) is 26.6 Å². The fraction of sp³-hybridized carbons (Fsp3) is 0.341. The van der Waals surface area contributed by atoms with E-state index in [2.05, 4.69) is 65.7 Å². The largest absolute Gasteiger partial charge is 0.399 e. The molecule has 0 amide bonds. The molecule has 0 aliphatic carbocycles. The van der Waals surface area contributed by atoms with Gasteiger partial charge in [0, 0.05) is 82.3 Å². The Labute approximate surface area is 312 Å². The van der Waals surface area contributed by atoms with E-state index in [0.29, 0.717) is 16.8 Å². The second kappa shape index (κ2) is 18.8. The predicted octanol–water partition coefficient (Wildman–Crippen LogP) is 7.04. The Morgan fingerprint density at radius 3 is 2.02 bits per heavy atom. The van der Waals surface area contributed by atoms with E-state index < -0.39 is 0 Å². The minimum Gasteiger partial charge on any atom is -0.399 e. The van der Waals surface area contributed by atoms with Crippen LogP contribution in [0.25, 0.3) is 11.3 Å². The summed E-state index contributed by atoms with van der Waals surface area (Å²) in [7, 11) is 3.51. The average molecular weight is 721 g/mol. The Kier molecular flexibility index (Phi) is 13.4. The molecule has 0 fully saturated rings. The van der Waals surface area contributed by atoms with Gasteiger partial charge in [0.15, 0.2) is 5.82 Å². The van der Waals surface area contributed by atoms with Crippen LogP contribution < -0.4 is 16.4 Å². The topological polar surface area (TPSA) is 114 Å². The zero-order valence-electron chi connectivity index (χ0n) is 30.2. The molecule has 272 valence electrons. The summed E-state index contributed by atoms with van der Waals surface area (Å²) in [6.45, 7) is 7.89. The van der Waals surface area contributed by atoms with Crippen LogP contribution in [0, 0.1) is 0 Å². The first kappa shape index (κ1) is 37.2. The van der Waals surface area contributed by atoms with Gasteiger partial charge in [0.2, 0.25) is 5.95 Å². The van der Waals surface area contributed by atoms with E-state index in [4.69, 9.17) is 26.8 Å². The second-order valence-corrected chi connectivity index (χ2v) is 13.5. The number of hydrogen-bond acceptors (Lipinski definition) is 10. The first-order chi connectivity index (χ1) is 25.5. The van der Waals surface area contributed by atoms with E-state index >= 15 is 0 Å². The lowest BCUT2D eigenvalue weighted by Crippen LogP contribution is -2.29. The standard InChI is InChI=1S/C28H29ClN6O.C13H20N2O/c1-36-17-16-35-14-11-20-9-10-22(18-21(20)12-15-35)32-28-31-19-24(29)27(34-28)33-26-8-3-2-6-23(26)25-7-4-5-13-30-25;1-16-9-8-15-6-4-11-2-3-13(14)10-12(11)5-7-15/h2-10,13,18-19H,11-12,14-17H2,1H3,(H2,31,32,33,34);2-3,10H,4-9,14H2,1H3. The molecule has 4 heterocycles. The lowest BCUT2D eigenvalue weighted by molar-refractivity contribution is 0.150. The molecular formula is C41H49ClN8O2. The van der Waals surface area contributed by atoms with E-state index in [9.17, 15) is 0 Å². The first-order valence-corrected chi connectivity index (χ1v) is 18.4. The summed E-state index contributed by atoms with van der Waals surface area (Å²) in [5.74, 6) is 1.01. The molecule has 0 unspecified atom stereocenters. The summed E-state index contributed by atoms with van der Waals surface area (Å²) >= 11 is 6.47. The highest BCUT2D eigenvalue weighted by Crippen LogP contribution is 2.31. The van der Waals surface area contributed by atoms with Crippen molar-refractivity contribution in [3.8, 4) is 11.3 Å². The molecule has 52 heavy (non-hydrogen) atoms. The van der Waals surface area contributed by atoms with Gasteiger partial charge in [-0.25, -0.2) is 4.98 Å². The number of ether oxygens (including phenoxy) is 2. The number of rotatable bonds is 11. The highest BCUT2D eigenvalue weighted by atomic mass is 35.5. The Morgan fingerprint density at radius 1 is 0.712 bits per heavy atom. The van der Waals surface area contributed by atoms with Gasteiger partial charge in [-0.2, -0.15) is 4.98 Å². The Hall–Kier alpha value is -4.58. The fourth-order valence-corrected chi connectivity index (χ4v) is 6.78. The number of methoxy groups -OCH3 is 2. The van der Waals surface area contributed by atoms with Crippen molar-refractivity contribution >= 4 is 40.4 Å². The van der Waals surface area contributed by atoms with Crippen LogP contribution in [-0.2, 0) is 35.2 Å². The summed E-state index contributed by atoms with van der Waals surface area (Å²) in [6.07, 6.45) is 7.67. The lowest BCUT2D eigenvalue weighted by Gasteiger charge is -2.18. The van der Waals surface area contributed by atoms with Crippen molar-refractivity contribution in [1.82, 2.24) is 24.8 Å². The number of hydrogen-bond donors (Lipinski definition) is 3. The normalized spacial score (nSPS) is 14.6. The summed E-state index contributed by atoms with van der Waals surface area (Å²) in [4.78, 5) is 18.5. The van der Waals surface area contributed by atoms with Gasteiger partial charge >= 0.3 is 0 Å². The summed E-state index contributed by atoms with van der Waals surface area (Å²) in [6, 6.07) is 26.6. The molecule has 0 spiro atoms. The number of benzene rings is 3. The molecule has 0 bridgehead atoms. The number of pyridine rings is 1. The minimum atomic E-state index is 0.439. The number of fused-ring (bicyclic) bond motifs is 2. The van der Waals surface area contributed by atoms with Crippen LogP contribution in [0.4, 0.5) is 28.8 Å². The van der Waals surface area contributed by atoms with Crippen LogP contribution in [0.1, 0.15) is 22.3 Å². The summed E-state index contributed by atoms with van der Waals surface area (Å²) in [5, 5.41) is 7.16. The van der Waals surface area contributed by atoms with Gasteiger partial charge in [-0.3, -0.25) is 4.98 Å². The van der Waals surface area contributed by atoms with E-state index in [-0.39, 0.29) is 0 Å². The Bertz CT molecular complexity index is 1890. The van der Waals surface area contributed by atoms with Crippen molar-refractivity contribution in [1.29, 1.82) is 0 Å². The molecule has 7 rings (SSSR count). The number of para-hydroxylation sites is 1. The SMILES string of the molecule is COCCN1CCc2ccc(N)cc2CC1.COCCN1CCc2ccc(Nc3ncc(Cl)c(Nc4ccccc4-c4ccccn4)n3)cc2CC1. The van der Waals surface area contributed by atoms with Crippen molar-refractivity contribution in [2.24, 2.45) is 0 Å². The van der Waals surface area contributed by atoms with Crippen LogP contribution in [0.2, 0.25) is 5.02 Å². The van der Waals surface area contributed by atoms with Gasteiger partial charge < -0.3 is 35.6 Å². The maximum Gasteiger partial charge on any atom is 0.229 e. The number of anilines is 5. The number of halogens is 1. The zero-order valence-corrected chi connectivity index (χ0v) is 30.9. The molecule has 2 aliphatic heterocycles. The molecule has 0 saturated heterocycles. The van der Waals surface area contributed by atoms with E-state index in [0.717, 1.165) is 106 Å². The van der Waals surface area contributed by atoms with Crippen LogP contribution in [0.15, 0.2) is 91.3 Å². The maximum absolute atomic E-state index is 6.47. The molecule has 2 aliphatic rings. The van der Waals surface area contributed by atoms with Crippen LogP contribution in [0.5, 0.6) is 0 Å². The molecule has 3 aromatic carbocycles. The van der Waals surface area contributed by atoms with Gasteiger partial charge in [-0.1, -0.05) is 48.0 Å². The Balaban J connectivity index is 0.000000242. The number of nitrogens with two attached hydrogens (primary N) is 1. The van der Waals surface area contributed by atoms with Crippen LogP contribution >= 0.6 is 11.6 Å². The van der Waals surface area contributed by atoms with Crippen LogP contribution in [0.3, 0.4) is 0 Å². The molecule has 2 aromatic heterocycles. The predicted molar refractivity (Wildman–Crippen MR) is 212 cm³/mol. The van der Waals surface area contributed by atoms with Crippen molar-refractivity contribution < 1.29 is 9.47 Å². The zero-order chi connectivity index (χ0) is 36.1. The number of nitrogen functional groups attached to an aromatic ring is 1. The Morgan fingerprint density at radius 2 is 1.35 bits per heavy atom. The number of nitrogens with one attached hydrogen (secondary N) is 2.